The first kappa shape index (κ1) is 23.7. The number of rotatable bonds is 6. The summed E-state index contributed by atoms with van der Waals surface area (Å²) in [6, 6.07) is 0. The van der Waals surface area contributed by atoms with Crippen LogP contribution in [0.3, 0.4) is 0 Å². The standard InChI is InChI=1S/C25H40O5/c1-7-14(2)21-17(10-8-9-15(3)22(28)16(4)13-26)18-11-20(27)24(5,29)12-19(18)23-25(21,6)30-23/h7-10,16-23,26-29H,11-13H2,1-6H3/b10-8+,14-7+,15-9+/t16-,17-,18-,19+,20+,21-,22+,23-,24+,25+/m0/s1. The lowest BCUT2D eigenvalue weighted by atomic mass is 9.54. The molecule has 3 fully saturated rings. The molecule has 3 rings (SSSR count). The molecule has 2 aliphatic carbocycles. The van der Waals surface area contributed by atoms with Crippen molar-refractivity contribution in [3.05, 3.63) is 35.5 Å². The second-order valence-electron chi connectivity index (χ2n) is 10.4. The van der Waals surface area contributed by atoms with Crippen molar-refractivity contribution in [2.75, 3.05) is 6.61 Å². The molecule has 4 N–H and O–H groups in total. The number of aliphatic hydroxyl groups is 4. The van der Waals surface area contributed by atoms with Gasteiger partial charge in [0, 0.05) is 18.4 Å². The molecule has 0 bridgehead atoms. The van der Waals surface area contributed by atoms with Crippen molar-refractivity contribution in [3.63, 3.8) is 0 Å². The lowest BCUT2D eigenvalue weighted by molar-refractivity contribution is -0.131. The van der Waals surface area contributed by atoms with Gasteiger partial charge in [-0.2, -0.15) is 0 Å². The average Bonchev–Trinajstić information content (AvgIpc) is 3.39. The van der Waals surface area contributed by atoms with Crippen molar-refractivity contribution in [2.24, 2.45) is 29.6 Å². The Morgan fingerprint density at radius 2 is 1.90 bits per heavy atom. The maximum absolute atomic E-state index is 10.7. The highest BCUT2D eigenvalue weighted by Gasteiger charge is 2.70. The van der Waals surface area contributed by atoms with Crippen LogP contribution in [0.4, 0.5) is 0 Å². The van der Waals surface area contributed by atoms with Crippen LogP contribution in [0, 0.1) is 29.6 Å². The molecule has 170 valence electrons. The molecule has 1 aliphatic heterocycles. The second-order valence-corrected chi connectivity index (χ2v) is 10.4. The first-order valence-corrected chi connectivity index (χ1v) is 11.3. The molecule has 0 unspecified atom stereocenters. The van der Waals surface area contributed by atoms with E-state index >= 15 is 0 Å². The maximum Gasteiger partial charge on any atom is 0.0993 e. The highest BCUT2D eigenvalue weighted by atomic mass is 16.6. The van der Waals surface area contributed by atoms with Crippen molar-refractivity contribution < 1.29 is 25.2 Å². The molecule has 30 heavy (non-hydrogen) atoms. The highest BCUT2D eigenvalue weighted by Crippen LogP contribution is 2.64. The van der Waals surface area contributed by atoms with Crippen LogP contribution in [0.25, 0.3) is 0 Å². The van der Waals surface area contributed by atoms with E-state index in [1.54, 1.807) is 6.92 Å². The smallest absolute Gasteiger partial charge is 0.0993 e. The van der Waals surface area contributed by atoms with E-state index in [1.807, 2.05) is 26.0 Å². The molecule has 1 saturated heterocycles. The number of hydrogen-bond donors (Lipinski definition) is 4. The lowest BCUT2D eigenvalue weighted by Gasteiger charge is -2.50. The first-order chi connectivity index (χ1) is 14.0. The largest absolute Gasteiger partial charge is 0.396 e. The van der Waals surface area contributed by atoms with Gasteiger partial charge < -0.3 is 25.2 Å². The van der Waals surface area contributed by atoms with Crippen LogP contribution in [0.5, 0.6) is 0 Å². The third-order valence-electron chi connectivity index (χ3n) is 8.12. The van der Waals surface area contributed by atoms with Gasteiger partial charge in [0.1, 0.15) is 0 Å². The summed E-state index contributed by atoms with van der Waals surface area (Å²) < 4.78 is 6.29. The SMILES string of the molecule is C/C=C(\C)[C@H]1[C@@H](/C=C/C=C(\C)[C@@H](O)[C@@H](C)CO)[C@@H]2C[C@@H](O)[C@](C)(O)C[C@H]2[C@@H]2O[C@@]21C. The summed E-state index contributed by atoms with van der Waals surface area (Å²) in [5.41, 5.74) is 0.785. The third-order valence-corrected chi connectivity index (χ3v) is 8.12. The monoisotopic (exact) mass is 420 g/mol. The van der Waals surface area contributed by atoms with Crippen LogP contribution in [0.2, 0.25) is 0 Å². The Morgan fingerprint density at radius 3 is 2.50 bits per heavy atom. The second kappa shape index (κ2) is 8.51. The fraction of sp³-hybridized carbons (Fsp3) is 0.760. The van der Waals surface area contributed by atoms with E-state index in [0.29, 0.717) is 12.8 Å². The summed E-state index contributed by atoms with van der Waals surface area (Å²) >= 11 is 0. The van der Waals surface area contributed by atoms with Crippen molar-refractivity contribution in [3.8, 4) is 0 Å². The number of hydrogen-bond acceptors (Lipinski definition) is 5. The average molecular weight is 421 g/mol. The number of aliphatic hydroxyl groups excluding tert-OH is 3. The Morgan fingerprint density at radius 1 is 1.23 bits per heavy atom. The fourth-order valence-electron chi connectivity index (χ4n) is 6.03. The molecule has 0 aromatic heterocycles. The number of fused-ring (bicyclic) bond motifs is 3. The van der Waals surface area contributed by atoms with E-state index < -0.39 is 17.8 Å². The molecule has 3 aliphatic rings. The topological polar surface area (TPSA) is 93.5 Å². The Bertz CT molecular complexity index is 723. The molecule has 0 aromatic carbocycles. The fourth-order valence-corrected chi connectivity index (χ4v) is 6.03. The molecule has 0 spiro atoms. The third kappa shape index (κ3) is 4.07. The highest BCUT2D eigenvalue weighted by molar-refractivity contribution is 5.29. The van der Waals surface area contributed by atoms with E-state index in [1.165, 1.54) is 5.57 Å². The van der Waals surface area contributed by atoms with Gasteiger partial charge in [-0.25, -0.2) is 0 Å². The summed E-state index contributed by atoms with van der Waals surface area (Å²) in [6.07, 6.45) is 8.09. The molecule has 1 heterocycles. The minimum atomic E-state index is -1.08. The van der Waals surface area contributed by atoms with E-state index in [2.05, 4.69) is 32.9 Å². The molecule has 0 aromatic rings. The van der Waals surface area contributed by atoms with Gasteiger partial charge in [0.15, 0.2) is 0 Å². The van der Waals surface area contributed by atoms with Crippen LogP contribution in [-0.2, 0) is 4.74 Å². The minimum absolute atomic E-state index is 0.0557. The number of ether oxygens (including phenoxy) is 1. The molecule has 2 saturated carbocycles. The van der Waals surface area contributed by atoms with Crippen molar-refractivity contribution >= 4 is 0 Å². The van der Waals surface area contributed by atoms with Gasteiger partial charge in [-0.15, -0.1) is 0 Å². The minimum Gasteiger partial charge on any atom is -0.396 e. The number of allylic oxidation sites excluding steroid dienone is 4. The molecule has 0 amide bonds. The van der Waals surface area contributed by atoms with Gasteiger partial charge in [0.25, 0.3) is 0 Å². The van der Waals surface area contributed by atoms with Gasteiger partial charge in [-0.3, -0.25) is 0 Å². The van der Waals surface area contributed by atoms with Crippen molar-refractivity contribution in [1.29, 1.82) is 0 Å². The maximum atomic E-state index is 10.7. The predicted octanol–water partition coefficient (Wildman–Crippen LogP) is 2.99. The van der Waals surface area contributed by atoms with Crippen LogP contribution < -0.4 is 0 Å². The zero-order valence-corrected chi connectivity index (χ0v) is 19.2. The zero-order chi connectivity index (χ0) is 22.4. The Labute approximate surface area is 181 Å². The summed E-state index contributed by atoms with van der Waals surface area (Å²) in [7, 11) is 0. The Kier molecular flexibility index (Phi) is 6.72. The molecular formula is C25H40O5. The van der Waals surface area contributed by atoms with Gasteiger partial charge in [-0.1, -0.05) is 36.8 Å². The van der Waals surface area contributed by atoms with Gasteiger partial charge in [-0.05, 0) is 70.8 Å². The summed E-state index contributed by atoms with van der Waals surface area (Å²) in [4.78, 5) is 0. The van der Waals surface area contributed by atoms with Gasteiger partial charge >= 0.3 is 0 Å². The van der Waals surface area contributed by atoms with Gasteiger partial charge in [0.2, 0.25) is 0 Å². The predicted molar refractivity (Wildman–Crippen MR) is 118 cm³/mol. The van der Waals surface area contributed by atoms with Crippen LogP contribution in [0.15, 0.2) is 35.5 Å². The van der Waals surface area contributed by atoms with Crippen LogP contribution in [0.1, 0.15) is 54.4 Å². The Balaban J connectivity index is 1.92. The van der Waals surface area contributed by atoms with E-state index in [0.717, 1.165) is 5.57 Å². The molecule has 10 atom stereocenters. The zero-order valence-electron chi connectivity index (χ0n) is 19.2. The van der Waals surface area contributed by atoms with E-state index in [-0.39, 0.29) is 47.9 Å². The lowest BCUT2D eigenvalue weighted by Crippen LogP contribution is -2.55. The summed E-state index contributed by atoms with van der Waals surface area (Å²) in [6.45, 7) is 11.8. The molecule has 5 nitrogen and oxygen atoms in total. The first-order valence-electron chi connectivity index (χ1n) is 11.3. The summed E-state index contributed by atoms with van der Waals surface area (Å²) in [5.74, 6) is 0.635. The van der Waals surface area contributed by atoms with Gasteiger partial charge in [0.05, 0.1) is 29.5 Å². The Hall–Kier alpha value is -0.980. The quantitative estimate of drug-likeness (QED) is 0.301. The van der Waals surface area contributed by atoms with Crippen molar-refractivity contribution in [2.45, 2.75) is 83.9 Å². The molecular weight excluding hydrogens is 380 g/mol. The van der Waals surface area contributed by atoms with E-state index in [4.69, 9.17) is 4.74 Å². The number of epoxide rings is 1. The summed E-state index contributed by atoms with van der Waals surface area (Å²) in [5, 5.41) is 40.9. The molecule has 5 heteroatoms. The molecule has 0 radical (unpaired) electrons. The normalized spacial score (nSPS) is 46.3. The van der Waals surface area contributed by atoms with Crippen LogP contribution >= 0.6 is 0 Å². The van der Waals surface area contributed by atoms with Crippen LogP contribution in [-0.4, -0.2) is 56.5 Å². The van der Waals surface area contributed by atoms with E-state index in [9.17, 15) is 20.4 Å². The van der Waals surface area contributed by atoms with Crippen molar-refractivity contribution in [1.82, 2.24) is 0 Å².